The van der Waals surface area contributed by atoms with E-state index in [1.54, 1.807) is 0 Å². The molecule has 11 heavy (non-hydrogen) atoms. The van der Waals surface area contributed by atoms with Gasteiger partial charge >= 0.3 is 0 Å². The predicted molar refractivity (Wildman–Crippen MR) is 39.7 cm³/mol. The minimum absolute atomic E-state index is 0.0671. The van der Waals surface area contributed by atoms with E-state index in [4.69, 9.17) is 5.11 Å². The van der Waals surface area contributed by atoms with E-state index in [0.717, 1.165) is 12.8 Å². The molecule has 0 saturated heterocycles. The Labute approximate surface area is 67.0 Å². The van der Waals surface area contributed by atoms with Crippen LogP contribution in [0.3, 0.4) is 0 Å². The summed E-state index contributed by atoms with van der Waals surface area (Å²) in [4.78, 5) is 10.4. The number of aliphatic hydroxyl groups is 1. The topological polar surface area (TPSA) is 60.4 Å². The summed E-state index contributed by atoms with van der Waals surface area (Å²) in [6, 6.07) is 0. The fourth-order valence-corrected chi connectivity index (χ4v) is 0.986. The molecular weight excluding hydrogens is 144 g/mol. The van der Waals surface area contributed by atoms with Crippen LogP contribution in [-0.4, -0.2) is 17.7 Å². The van der Waals surface area contributed by atoms with Crippen molar-refractivity contribution in [3.05, 3.63) is 0 Å². The lowest BCUT2D eigenvalue weighted by molar-refractivity contribution is -0.312. The monoisotopic (exact) mass is 159 g/mol. The maximum atomic E-state index is 10.4. The molecule has 0 amide bonds. The summed E-state index contributed by atoms with van der Waals surface area (Å²) >= 11 is 0. The highest BCUT2D eigenvalue weighted by atomic mass is 16.4. The number of carbonyl (C=O) groups excluding carboxylic acids is 1. The van der Waals surface area contributed by atoms with Gasteiger partial charge in [-0.1, -0.05) is 19.8 Å². The largest absolute Gasteiger partial charge is 0.550 e. The summed E-state index contributed by atoms with van der Waals surface area (Å²) in [6.45, 7) is 1.94. The molecule has 3 heteroatoms. The zero-order valence-corrected chi connectivity index (χ0v) is 6.88. The van der Waals surface area contributed by atoms with E-state index >= 15 is 0 Å². The summed E-state index contributed by atoms with van der Waals surface area (Å²) in [6.07, 6.45) is 2.82. The third-order valence-electron chi connectivity index (χ3n) is 1.72. The summed E-state index contributed by atoms with van der Waals surface area (Å²) in [5.41, 5.74) is 0. The first-order chi connectivity index (χ1) is 5.22. The van der Waals surface area contributed by atoms with E-state index in [-0.39, 0.29) is 6.61 Å². The number of carboxylic acid groups (broad SMARTS) is 1. The van der Waals surface area contributed by atoms with Crippen molar-refractivity contribution in [1.82, 2.24) is 0 Å². The highest BCUT2D eigenvalue weighted by Crippen LogP contribution is 2.10. The molecule has 0 fully saturated rings. The number of rotatable bonds is 6. The number of hydrogen-bond acceptors (Lipinski definition) is 3. The van der Waals surface area contributed by atoms with Crippen molar-refractivity contribution in [1.29, 1.82) is 0 Å². The van der Waals surface area contributed by atoms with Crippen molar-refractivity contribution in [2.75, 3.05) is 6.61 Å². The second-order valence-electron chi connectivity index (χ2n) is 2.67. The van der Waals surface area contributed by atoms with Crippen LogP contribution in [0.5, 0.6) is 0 Å². The molecule has 66 valence electrons. The molecular formula is C8H15O3-. The fraction of sp³-hybridized carbons (Fsp3) is 0.875. The van der Waals surface area contributed by atoms with Crippen LogP contribution in [0.2, 0.25) is 0 Å². The van der Waals surface area contributed by atoms with Crippen LogP contribution in [0.15, 0.2) is 0 Å². The zero-order chi connectivity index (χ0) is 8.69. The van der Waals surface area contributed by atoms with Crippen LogP contribution < -0.4 is 5.11 Å². The van der Waals surface area contributed by atoms with Crippen LogP contribution in [0.25, 0.3) is 0 Å². The fourth-order valence-electron chi connectivity index (χ4n) is 0.986. The molecule has 0 aliphatic heterocycles. The third kappa shape index (κ3) is 4.79. The molecule has 0 saturated carbocycles. The van der Waals surface area contributed by atoms with Gasteiger partial charge in [0, 0.05) is 18.5 Å². The average Bonchev–Trinajstić information content (AvgIpc) is 1.97. The summed E-state index contributed by atoms with van der Waals surface area (Å²) in [7, 11) is 0. The lowest BCUT2D eigenvalue weighted by atomic mass is 9.99. The second kappa shape index (κ2) is 6.16. The van der Waals surface area contributed by atoms with Crippen LogP contribution in [-0.2, 0) is 4.79 Å². The van der Waals surface area contributed by atoms with Crippen LogP contribution in [0.4, 0.5) is 0 Å². The molecule has 0 aliphatic rings. The van der Waals surface area contributed by atoms with Gasteiger partial charge in [0.1, 0.15) is 0 Å². The number of hydrogen-bond donors (Lipinski definition) is 1. The molecule has 0 heterocycles. The minimum Gasteiger partial charge on any atom is -0.550 e. The first kappa shape index (κ1) is 10.4. The number of aliphatic hydroxyl groups excluding tert-OH is 1. The predicted octanol–water partition coefficient (Wildman–Crippen LogP) is -0.0749. The number of unbranched alkanes of at least 4 members (excludes halogenated alkanes) is 1. The van der Waals surface area contributed by atoms with Crippen LogP contribution >= 0.6 is 0 Å². The Morgan fingerprint density at radius 3 is 2.55 bits per heavy atom. The Balaban J connectivity index is 3.60. The van der Waals surface area contributed by atoms with Gasteiger partial charge < -0.3 is 15.0 Å². The van der Waals surface area contributed by atoms with Gasteiger partial charge in [-0.15, -0.1) is 0 Å². The van der Waals surface area contributed by atoms with Gasteiger partial charge in [-0.25, -0.2) is 0 Å². The quantitative estimate of drug-likeness (QED) is 0.590. The molecule has 0 radical (unpaired) electrons. The SMILES string of the molecule is CCCCC(CCO)C(=O)[O-]. The Hall–Kier alpha value is -0.570. The van der Waals surface area contributed by atoms with Gasteiger partial charge in [0.05, 0.1) is 0 Å². The molecule has 0 aromatic rings. The molecule has 0 aromatic carbocycles. The zero-order valence-electron chi connectivity index (χ0n) is 6.88. The van der Waals surface area contributed by atoms with Gasteiger partial charge in [0.25, 0.3) is 0 Å². The Kier molecular flexibility index (Phi) is 5.84. The van der Waals surface area contributed by atoms with E-state index in [9.17, 15) is 9.90 Å². The molecule has 1 N–H and O–H groups in total. The van der Waals surface area contributed by atoms with E-state index in [1.165, 1.54) is 0 Å². The first-order valence-electron chi connectivity index (χ1n) is 4.04. The molecule has 1 atom stereocenters. The van der Waals surface area contributed by atoms with Crippen LogP contribution in [0, 0.1) is 5.92 Å². The highest BCUT2D eigenvalue weighted by molar-refractivity contribution is 5.67. The Morgan fingerprint density at radius 2 is 2.18 bits per heavy atom. The van der Waals surface area contributed by atoms with E-state index < -0.39 is 11.9 Å². The van der Waals surface area contributed by atoms with Crippen molar-refractivity contribution < 1.29 is 15.0 Å². The lowest BCUT2D eigenvalue weighted by Gasteiger charge is -2.15. The van der Waals surface area contributed by atoms with E-state index in [2.05, 4.69) is 0 Å². The molecule has 0 spiro atoms. The van der Waals surface area contributed by atoms with Crippen molar-refractivity contribution in [2.24, 2.45) is 5.92 Å². The standard InChI is InChI=1S/C8H16O3/c1-2-3-4-7(5-6-9)8(10)11/h7,9H,2-6H2,1H3,(H,10,11)/p-1. The smallest absolute Gasteiger partial charge is 0.0446 e. The second-order valence-corrected chi connectivity index (χ2v) is 2.67. The summed E-state index contributed by atoms with van der Waals surface area (Å²) in [5.74, 6) is -1.49. The first-order valence-corrected chi connectivity index (χ1v) is 4.04. The van der Waals surface area contributed by atoms with Crippen molar-refractivity contribution >= 4 is 5.97 Å². The normalized spacial score (nSPS) is 12.9. The molecule has 0 rings (SSSR count). The molecule has 0 aliphatic carbocycles. The number of aliphatic carboxylic acids is 1. The van der Waals surface area contributed by atoms with Gasteiger partial charge in [0.2, 0.25) is 0 Å². The average molecular weight is 159 g/mol. The van der Waals surface area contributed by atoms with Crippen LogP contribution in [0.1, 0.15) is 32.6 Å². The molecule has 1 unspecified atom stereocenters. The Bertz CT molecular complexity index is 112. The minimum atomic E-state index is -1.03. The molecule has 0 bridgehead atoms. The number of carbonyl (C=O) groups is 1. The Morgan fingerprint density at radius 1 is 1.55 bits per heavy atom. The third-order valence-corrected chi connectivity index (χ3v) is 1.72. The maximum absolute atomic E-state index is 10.4. The van der Waals surface area contributed by atoms with Crippen molar-refractivity contribution in [3.63, 3.8) is 0 Å². The van der Waals surface area contributed by atoms with E-state index in [1.807, 2.05) is 6.92 Å². The van der Waals surface area contributed by atoms with Crippen molar-refractivity contribution in [3.8, 4) is 0 Å². The van der Waals surface area contributed by atoms with Gasteiger partial charge in [-0.3, -0.25) is 0 Å². The number of carboxylic acids is 1. The maximum Gasteiger partial charge on any atom is 0.0446 e. The van der Waals surface area contributed by atoms with Gasteiger partial charge in [-0.2, -0.15) is 0 Å². The highest BCUT2D eigenvalue weighted by Gasteiger charge is 2.07. The van der Waals surface area contributed by atoms with Gasteiger partial charge in [0.15, 0.2) is 0 Å². The van der Waals surface area contributed by atoms with E-state index in [0.29, 0.717) is 12.8 Å². The van der Waals surface area contributed by atoms with Crippen molar-refractivity contribution in [2.45, 2.75) is 32.6 Å². The summed E-state index contributed by atoms with van der Waals surface area (Å²) < 4.78 is 0. The van der Waals surface area contributed by atoms with Gasteiger partial charge in [-0.05, 0) is 12.8 Å². The lowest BCUT2D eigenvalue weighted by Crippen LogP contribution is -2.31. The summed E-state index contributed by atoms with van der Waals surface area (Å²) in [5, 5.41) is 18.9. The molecule has 3 nitrogen and oxygen atoms in total. The molecule has 0 aromatic heterocycles.